The van der Waals surface area contributed by atoms with Crippen LogP contribution in [-0.2, 0) is 6.61 Å². The quantitative estimate of drug-likeness (QED) is 0.632. The van der Waals surface area contributed by atoms with E-state index >= 15 is 0 Å². The maximum atomic E-state index is 12.6. The van der Waals surface area contributed by atoms with Crippen molar-refractivity contribution in [3.8, 4) is 5.88 Å². The normalized spacial score (nSPS) is 10.7. The highest BCUT2D eigenvalue weighted by Gasteiger charge is 2.13. The van der Waals surface area contributed by atoms with E-state index in [1.807, 2.05) is 36.4 Å². The molecule has 3 aromatic rings. The number of pyridine rings is 1. The fourth-order valence-electron chi connectivity index (χ4n) is 2.73. The Labute approximate surface area is 154 Å². The number of aromatic nitrogens is 1. The molecule has 0 saturated heterocycles. The third-order valence-electron chi connectivity index (χ3n) is 4.26. The number of unbranched alkanes of at least 4 members (excludes halogenated alkanes) is 1. The predicted molar refractivity (Wildman–Crippen MR) is 104 cm³/mol. The Kier molecular flexibility index (Phi) is 5.84. The summed E-state index contributed by atoms with van der Waals surface area (Å²) in [7, 11) is 0. The largest absolute Gasteiger partial charge is 0.473 e. The number of nitrogens with one attached hydrogen (secondary N) is 1. The van der Waals surface area contributed by atoms with Gasteiger partial charge in [0.25, 0.3) is 5.91 Å². The summed E-state index contributed by atoms with van der Waals surface area (Å²) in [5, 5.41) is 3.81. The van der Waals surface area contributed by atoms with Crippen molar-refractivity contribution >= 4 is 16.8 Å². The molecule has 1 N–H and O–H groups in total. The van der Waals surface area contributed by atoms with Crippen molar-refractivity contribution < 1.29 is 9.53 Å². The van der Waals surface area contributed by atoms with Crippen LogP contribution in [-0.4, -0.2) is 17.4 Å². The molecule has 0 saturated carbocycles. The van der Waals surface area contributed by atoms with Gasteiger partial charge in [-0.3, -0.25) is 4.79 Å². The third-order valence-corrected chi connectivity index (χ3v) is 4.26. The highest BCUT2D eigenvalue weighted by molar-refractivity contribution is 6.06. The van der Waals surface area contributed by atoms with E-state index in [1.165, 1.54) is 5.56 Å². The molecular formula is C22H24N2O2. The molecule has 4 nitrogen and oxygen atoms in total. The number of para-hydroxylation sites is 1. The number of rotatable bonds is 7. The summed E-state index contributed by atoms with van der Waals surface area (Å²) in [5.74, 6) is 0.377. The minimum atomic E-state index is -0.0859. The molecule has 0 aliphatic rings. The van der Waals surface area contributed by atoms with Crippen LogP contribution in [0.15, 0.2) is 54.6 Å². The van der Waals surface area contributed by atoms with Gasteiger partial charge in [0.1, 0.15) is 6.61 Å². The maximum absolute atomic E-state index is 12.6. The average molecular weight is 348 g/mol. The summed E-state index contributed by atoms with van der Waals surface area (Å²) in [6.07, 6.45) is 2.01. The zero-order valence-electron chi connectivity index (χ0n) is 15.3. The number of benzene rings is 2. The third kappa shape index (κ3) is 4.39. The molecular weight excluding hydrogens is 324 g/mol. The van der Waals surface area contributed by atoms with E-state index in [9.17, 15) is 4.79 Å². The Morgan fingerprint density at radius 1 is 1.12 bits per heavy atom. The van der Waals surface area contributed by atoms with Crippen LogP contribution in [0, 0.1) is 6.92 Å². The first-order chi connectivity index (χ1) is 12.7. The first kappa shape index (κ1) is 17.9. The molecule has 0 unspecified atom stereocenters. The Morgan fingerprint density at radius 2 is 1.88 bits per heavy atom. The molecule has 1 aromatic heterocycles. The van der Waals surface area contributed by atoms with E-state index in [-0.39, 0.29) is 5.91 Å². The van der Waals surface area contributed by atoms with Crippen LogP contribution in [0.1, 0.15) is 41.3 Å². The Hall–Kier alpha value is -2.88. The van der Waals surface area contributed by atoms with Gasteiger partial charge in [0.2, 0.25) is 5.88 Å². The Morgan fingerprint density at radius 3 is 2.65 bits per heavy atom. The molecule has 0 atom stereocenters. The van der Waals surface area contributed by atoms with Crippen molar-refractivity contribution in [2.75, 3.05) is 6.54 Å². The fraction of sp³-hybridized carbons (Fsp3) is 0.273. The summed E-state index contributed by atoms with van der Waals surface area (Å²) in [4.78, 5) is 17.1. The molecule has 134 valence electrons. The topological polar surface area (TPSA) is 51.2 Å². The number of aryl methyl sites for hydroxylation is 1. The van der Waals surface area contributed by atoms with Crippen LogP contribution in [0.5, 0.6) is 5.88 Å². The van der Waals surface area contributed by atoms with Gasteiger partial charge in [0.15, 0.2) is 0 Å². The van der Waals surface area contributed by atoms with Crippen molar-refractivity contribution in [3.63, 3.8) is 0 Å². The first-order valence-corrected chi connectivity index (χ1v) is 9.03. The van der Waals surface area contributed by atoms with Crippen LogP contribution < -0.4 is 10.1 Å². The summed E-state index contributed by atoms with van der Waals surface area (Å²) >= 11 is 0. The summed E-state index contributed by atoms with van der Waals surface area (Å²) in [6.45, 7) is 5.25. The smallest absolute Gasteiger partial charge is 0.252 e. The predicted octanol–water partition coefficient (Wildman–Crippen LogP) is 4.65. The van der Waals surface area contributed by atoms with Gasteiger partial charge in [-0.2, -0.15) is 0 Å². The highest BCUT2D eigenvalue weighted by Crippen LogP contribution is 2.23. The lowest BCUT2D eigenvalue weighted by molar-refractivity contribution is 0.0954. The van der Waals surface area contributed by atoms with Gasteiger partial charge in [0, 0.05) is 18.0 Å². The Balaban J connectivity index is 1.83. The lowest BCUT2D eigenvalue weighted by Gasteiger charge is -2.11. The SMILES string of the molecule is CCCCNC(=O)c1cc(OCc2ccc(C)cc2)nc2ccccc12. The fourth-order valence-corrected chi connectivity index (χ4v) is 2.73. The highest BCUT2D eigenvalue weighted by atomic mass is 16.5. The summed E-state index contributed by atoms with van der Waals surface area (Å²) in [5.41, 5.74) is 3.64. The summed E-state index contributed by atoms with van der Waals surface area (Å²) in [6, 6.07) is 17.6. The van der Waals surface area contributed by atoms with Gasteiger partial charge >= 0.3 is 0 Å². The number of hydrogen-bond donors (Lipinski definition) is 1. The van der Waals surface area contributed by atoms with Crippen LogP contribution in [0.25, 0.3) is 10.9 Å². The number of amides is 1. The van der Waals surface area contributed by atoms with Gasteiger partial charge in [-0.25, -0.2) is 4.98 Å². The minimum Gasteiger partial charge on any atom is -0.473 e. The molecule has 0 radical (unpaired) electrons. The molecule has 26 heavy (non-hydrogen) atoms. The molecule has 0 aliphatic heterocycles. The van der Waals surface area contributed by atoms with Gasteiger partial charge in [-0.15, -0.1) is 0 Å². The maximum Gasteiger partial charge on any atom is 0.252 e. The molecule has 1 amide bonds. The van der Waals surface area contributed by atoms with Gasteiger partial charge < -0.3 is 10.1 Å². The van der Waals surface area contributed by atoms with Crippen molar-refractivity contribution in [2.24, 2.45) is 0 Å². The van der Waals surface area contributed by atoms with Crippen molar-refractivity contribution in [3.05, 3.63) is 71.3 Å². The number of ether oxygens (including phenoxy) is 1. The molecule has 0 spiro atoms. The van der Waals surface area contributed by atoms with Crippen molar-refractivity contribution in [2.45, 2.75) is 33.3 Å². The number of carbonyl (C=O) groups is 1. The number of hydrogen-bond acceptors (Lipinski definition) is 3. The van der Waals surface area contributed by atoms with Crippen LogP contribution in [0.4, 0.5) is 0 Å². The lowest BCUT2D eigenvalue weighted by atomic mass is 10.1. The van der Waals surface area contributed by atoms with E-state index in [4.69, 9.17) is 4.74 Å². The zero-order chi connectivity index (χ0) is 18.4. The number of carbonyl (C=O) groups excluding carboxylic acids is 1. The average Bonchev–Trinajstić information content (AvgIpc) is 2.67. The van der Waals surface area contributed by atoms with E-state index in [0.29, 0.717) is 24.6 Å². The van der Waals surface area contributed by atoms with Crippen molar-refractivity contribution in [1.29, 1.82) is 0 Å². The van der Waals surface area contributed by atoms with Crippen molar-refractivity contribution in [1.82, 2.24) is 10.3 Å². The first-order valence-electron chi connectivity index (χ1n) is 9.03. The number of nitrogens with zero attached hydrogens (tertiary/aromatic N) is 1. The monoisotopic (exact) mass is 348 g/mol. The molecule has 2 aromatic carbocycles. The number of fused-ring (bicyclic) bond motifs is 1. The second-order valence-corrected chi connectivity index (χ2v) is 6.41. The van der Waals surface area contributed by atoms with Gasteiger partial charge in [-0.05, 0) is 25.0 Å². The van der Waals surface area contributed by atoms with Crippen LogP contribution >= 0.6 is 0 Å². The second kappa shape index (κ2) is 8.48. The van der Waals surface area contributed by atoms with Gasteiger partial charge in [-0.1, -0.05) is 61.4 Å². The van der Waals surface area contributed by atoms with Crippen LogP contribution in [0.3, 0.4) is 0 Å². The summed E-state index contributed by atoms with van der Waals surface area (Å²) < 4.78 is 5.87. The minimum absolute atomic E-state index is 0.0859. The van der Waals surface area contributed by atoms with E-state index in [2.05, 4.69) is 36.3 Å². The Bertz CT molecular complexity index is 888. The molecule has 3 rings (SSSR count). The van der Waals surface area contributed by atoms with Gasteiger partial charge in [0.05, 0.1) is 11.1 Å². The molecule has 0 aliphatic carbocycles. The van der Waals surface area contributed by atoms with E-state index < -0.39 is 0 Å². The molecule has 0 fully saturated rings. The lowest BCUT2D eigenvalue weighted by Crippen LogP contribution is -2.24. The zero-order valence-corrected chi connectivity index (χ0v) is 15.3. The molecule has 4 heteroatoms. The van der Waals surface area contributed by atoms with E-state index in [0.717, 1.165) is 29.3 Å². The molecule has 0 bridgehead atoms. The van der Waals surface area contributed by atoms with Crippen LogP contribution in [0.2, 0.25) is 0 Å². The second-order valence-electron chi connectivity index (χ2n) is 6.41. The standard InChI is InChI=1S/C22H24N2O2/c1-3-4-13-23-22(25)19-14-21(24-20-8-6-5-7-18(19)20)26-15-17-11-9-16(2)10-12-17/h5-12,14H,3-4,13,15H2,1-2H3,(H,23,25). The molecule has 1 heterocycles. The van der Waals surface area contributed by atoms with E-state index in [1.54, 1.807) is 6.07 Å².